The minimum absolute atomic E-state index is 0.484. The number of hydrogen-bond donors (Lipinski definition) is 2. The molecule has 0 amide bonds. The summed E-state index contributed by atoms with van der Waals surface area (Å²) in [7, 11) is 0. The quantitative estimate of drug-likeness (QED) is 0.782. The Morgan fingerprint density at radius 3 is 3.00 bits per heavy atom. The summed E-state index contributed by atoms with van der Waals surface area (Å²) in [5.74, 6) is -0.785. The van der Waals surface area contributed by atoms with Crippen molar-refractivity contribution >= 4 is 28.6 Å². The largest absolute Gasteiger partial charge is 0.480 e. The van der Waals surface area contributed by atoms with Crippen molar-refractivity contribution in [1.82, 2.24) is 10.3 Å². The van der Waals surface area contributed by atoms with Gasteiger partial charge in [0.15, 0.2) is 0 Å². The maximum Gasteiger partial charge on any atom is 0.320 e. The molecule has 0 saturated carbocycles. The van der Waals surface area contributed by atoms with Gasteiger partial charge in [0.2, 0.25) is 0 Å². The summed E-state index contributed by atoms with van der Waals surface area (Å²) in [5, 5.41) is 17.2. The monoisotopic (exact) mass is 310 g/mol. The van der Waals surface area contributed by atoms with E-state index in [-0.39, 0.29) is 0 Å². The van der Waals surface area contributed by atoms with Gasteiger partial charge in [-0.2, -0.15) is 0 Å². The number of carboxylic acids is 1. The van der Waals surface area contributed by atoms with Gasteiger partial charge in [0.1, 0.15) is 11.0 Å². The van der Waals surface area contributed by atoms with Gasteiger partial charge >= 0.3 is 5.97 Å². The molecular weight excluding hydrogens is 292 g/mol. The maximum absolute atomic E-state index is 11.1. The van der Waals surface area contributed by atoms with Crippen LogP contribution >= 0.6 is 22.7 Å². The van der Waals surface area contributed by atoms with Gasteiger partial charge in [0, 0.05) is 11.9 Å². The molecule has 1 atom stereocenters. The summed E-state index contributed by atoms with van der Waals surface area (Å²) in [6.07, 6.45) is 2.58. The molecule has 0 unspecified atom stereocenters. The number of hydrogen-bond acceptors (Lipinski definition) is 5. The van der Waals surface area contributed by atoms with Crippen LogP contribution in [0.25, 0.3) is 9.88 Å². The SMILES string of the molecule is CCCC[C@H](NCc1csc(-c2cccs2)n1)C(=O)O. The van der Waals surface area contributed by atoms with Crippen LogP contribution in [0.5, 0.6) is 0 Å². The van der Waals surface area contributed by atoms with Gasteiger partial charge < -0.3 is 5.11 Å². The Kier molecular flexibility index (Phi) is 5.70. The molecule has 108 valence electrons. The van der Waals surface area contributed by atoms with Crippen LogP contribution in [-0.2, 0) is 11.3 Å². The number of unbranched alkanes of at least 4 members (excludes halogenated alkanes) is 1. The third kappa shape index (κ3) is 4.13. The van der Waals surface area contributed by atoms with Crippen molar-refractivity contribution < 1.29 is 9.90 Å². The van der Waals surface area contributed by atoms with E-state index in [0.29, 0.717) is 13.0 Å². The van der Waals surface area contributed by atoms with Gasteiger partial charge in [-0.25, -0.2) is 4.98 Å². The molecule has 0 aliphatic carbocycles. The van der Waals surface area contributed by atoms with Crippen LogP contribution in [0.2, 0.25) is 0 Å². The number of thiazole rings is 1. The molecule has 0 aliphatic heterocycles. The summed E-state index contributed by atoms with van der Waals surface area (Å²) in [4.78, 5) is 16.8. The highest BCUT2D eigenvalue weighted by Gasteiger charge is 2.16. The standard InChI is InChI=1S/C14H18N2O2S2/c1-2-3-5-11(14(17)18)15-8-10-9-20-13(16-10)12-6-4-7-19-12/h4,6-7,9,11,15H,2-3,5,8H2,1H3,(H,17,18)/t11-/m0/s1. The molecule has 0 aromatic carbocycles. The summed E-state index contributed by atoms with van der Waals surface area (Å²) in [5.41, 5.74) is 0.904. The second-order valence-corrected chi connectivity index (χ2v) is 6.34. The predicted molar refractivity (Wildman–Crippen MR) is 83.2 cm³/mol. The minimum Gasteiger partial charge on any atom is -0.480 e. The highest BCUT2D eigenvalue weighted by molar-refractivity contribution is 7.20. The number of rotatable bonds is 8. The number of carbonyl (C=O) groups is 1. The molecule has 0 radical (unpaired) electrons. The first kappa shape index (κ1) is 15.2. The zero-order chi connectivity index (χ0) is 14.4. The fourth-order valence-electron chi connectivity index (χ4n) is 1.85. The van der Waals surface area contributed by atoms with Gasteiger partial charge in [-0.3, -0.25) is 10.1 Å². The number of nitrogens with one attached hydrogen (secondary N) is 1. The molecule has 0 saturated heterocycles. The fourth-order valence-corrected chi connectivity index (χ4v) is 3.48. The molecule has 20 heavy (non-hydrogen) atoms. The van der Waals surface area contributed by atoms with Crippen molar-refractivity contribution in [1.29, 1.82) is 0 Å². The Labute approximate surface area is 126 Å². The van der Waals surface area contributed by atoms with Crippen LogP contribution in [0.3, 0.4) is 0 Å². The molecule has 4 nitrogen and oxygen atoms in total. The number of carboxylic acid groups (broad SMARTS) is 1. The Bertz CT molecular complexity index is 537. The first-order valence-corrected chi connectivity index (χ1v) is 8.41. The fraction of sp³-hybridized carbons (Fsp3) is 0.429. The van der Waals surface area contributed by atoms with Crippen molar-refractivity contribution in [3.05, 3.63) is 28.6 Å². The zero-order valence-electron chi connectivity index (χ0n) is 11.3. The zero-order valence-corrected chi connectivity index (χ0v) is 13.0. The smallest absolute Gasteiger partial charge is 0.320 e. The van der Waals surface area contributed by atoms with Gasteiger partial charge in [-0.15, -0.1) is 22.7 Å². The molecule has 2 aromatic heterocycles. The molecule has 2 aromatic rings. The predicted octanol–water partition coefficient (Wildman–Crippen LogP) is 3.60. The van der Waals surface area contributed by atoms with Crippen molar-refractivity contribution in [2.24, 2.45) is 0 Å². The van der Waals surface area contributed by atoms with Crippen LogP contribution in [0, 0.1) is 0 Å². The molecule has 0 fully saturated rings. The third-order valence-electron chi connectivity index (χ3n) is 2.96. The number of thiophene rings is 1. The lowest BCUT2D eigenvalue weighted by atomic mass is 10.1. The van der Waals surface area contributed by atoms with E-state index in [1.54, 1.807) is 22.7 Å². The molecule has 6 heteroatoms. The summed E-state index contributed by atoms with van der Waals surface area (Å²) >= 11 is 3.26. The number of nitrogens with zero attached hydrogens (tertiary/aromatic N) is 1. The average molecular weight is 310 g/mol. The van der Waals surface area contributed by atoms with E-state index in [1.165, 1.54) is 0 Å². The maximum atomic E-state index is 11.1. The molecule has 0 spiro atoms. The van der Waals surface area contributed by atoms with Gasteiger partial charge in [-0.05, 0) is 17.9 Å². The van der Waals surface area contributed by atoms with E-state index in [0.717, 1.165) is 28.4 Å². The Morgan fingerprint density at radius 1 is 1.50 bits per heavy atom. The lowest BCUT2D eigenvalue weighted by molar-refractivity contribution is -0.139. The number of aliphatic carboxylic acids is 1. The minimum atomic E-state index is -0.785. The Morgan fingerprint density at radius 2 is 2.35 bits per heavy atom. The van der Waals surface area contributed by atoms with Crippen molar-refractivity contribution in [3.63, 3.8) is 0 Å². The number of aromatic nitrogens is 1. The molecule has 0 aliphatic rings. The second-order valence-electron chi connectivity index (χ2n) is 4.54. The summed E-state index contributed by atoms with van der Waals surface area (Å²) in [6.45, 7) is 2.56. The summed E-state index contributed by atoms with van der Waals surface area (Å²) in [6, 6.07) is 3.56. The Hall–Kier alpha value is -1.24. The van der Waals surface area contributed by atoms with Gasteiger partial charge in [0.25, 0.3) is 0 Å². The molecule has 0 bridgehead atoms. The molecule has 2 rings (SSSR count). The van der Waals surface area contributed by atoms with Crippen LogP contribution < -0.4 is 5.32 Å². The van der Waals surface area contributed by atoms with E-state index < -0.39 is 12.0 Å². The lowest BCUT2D eigenvalue weighted by Crippen LogP contribution is -2.36. The molecule has 2 heterocycles. The average Bonchev–Trinajstić information content (AvgIpc) is 3.09. The second kappa shape index (κ2) is 7.52. The van der Waals surface area contributed by atoms with Crippen molar-refractivity contribution in [3.8, 4) is 9.88 Å². The first-order chi connectivity index (χ1) is 9.70. The molecule has 2 N–H and O–H groups in total. The van der Waals surface area contributed by atoms with E-state index in [4.69, 9.17) is 5.11 Å². The van der Waals surface area contributed by atoms with Crippen LogP contribution in [0.1, 0.15) is 31.9 Å². The van der Waals surface area contributed by atoms with E-state index in [2.05, 4.69) is 17.2 Å². The van der Waals surface area contributed by atoms with Crippen LogP contribution in [0.4, 0.5) is 0 Å². The normalized spacial score (nSPS) is 12.4. The van der Waals surface area contributed by atoms with E-state index >= 15 is 0 Å². The van der Waals surface area contributed by atoms with Gasteiger partial charge in [0.05, 0.1) is 10.6 Å². The van der Waals surface area contributed by atoms with Gasteiger partial charge in [-0.1, -0.05) is 25.8 Å². The van der Waals surface area contributed by atoms with E-state index in [1.807, 2.05) is 22.9 Å². The topological polar surface area (TPSA) is 62.2 Å². The summed E-state index contributed by atoms with van der Waals surface area (Å²) < 4.78 is 0. The van der Waals surface area contributed by atoms with Crippen molar-refractivity contribution in [2.45, 2.75) is 38.8 Å². The van der Waals surface area contributed by atoms with Crippen LogP contribution in [0.15, 0.2) is 22.9 Å². The Balaban J connectivity index is 1.91. The highest BCUT2D eigenvalue weighted by Crippen LogP contribution is 2.27. The van der Waals surface area contributed by atoms with E-state index in [9.17, 15) is 4.79 Å². The van der Waals surface area contributed by atoms with Crippen molar-refractivity contribution in [2.75, 3.05) is 0 Å². The first-order valence-electron chi connectivity index (χ1n) is 6.65. The highest BCUT2D eigenvalue weighted by atomic mass is 32.1. The third-order valence-corrected chi connectivity index (χ3v) is 4.89. The van der Waals surface area contributed by atoms with Crippen LogP contribution in [-0.4, -0.2) is 22.1 Å². The lowest BCUT2D eigenvalue weighted by Gasteiger charge is -2.12. The molecular formula is C14H18N2O2S2.